The molecule has 1 aromatic heterocycles. The van der Waals surface area contributed by atoms with Crippen molar-refractivity contribution >= 4 is 29.1 Å². The summed E-state index contributed by atoms with van der Waals surface area (Å²) in [6, 6.07) is 16.0. The molecule has 0 bridgehead atoms. The van der Waals surface area contributed by atoms with E-state index in [9.17, 15) is 9.90 Å². The zero-order chi connectivity index (χ0) is 17.8. The van der Waals surface area contributed by atoms with Crippen molar-refractivity contribution < 1.29 is 9.90 Å². The van der Waals surface area contributed by atoms with Crippen LogP contribution in [0.4, 0.5) is 0 Å². The topological polar surface area (TPSA) is 68.0 Å². The first-order valence-corrected chi connectivity index (χ1v) is 8.96. The molecule has 0 fully saturated rings. The van der Waals surface area contributed by atoms with Crippen LogP contribution in [-0.2, 0) is 7.05 Å². The Kier molecular flexibility index (Phi) is 5.53. The first kappa shape index (κ1) is 17.7. The van der Waals surface area contributed by atoms with Crippen molar-refractivity contribution in [2.75, 3.05) is 5.75 Å². The monoisotopic (exact) mass is 373 g/mol. The average Bonchev–Trinajstić information content (AvgIpc) is 3.01. The Morgan fingerprint density at radius 2 is 1.84 bits per heavy atom. The molecule has 7 heteroatoms. The van der Waals surface area contributed by atoms with E-state index < -0.39 is 6.10 Å². The maximum absolute atomic E-state index is 12.2. The van der Waals surface area contributed by atoms with Crippen molar-refractivity contribution in [3.63, 3.8) is 0 Å². The minimum absolute atomic E-state index is 0.0187. The zero-order valence-electron chi connectivity index (χ0n) is 13.5. The van der Waals surface area contributed by atoms with Gasteiger partial charge in [0.2, 0.25) is 0 Å². The largest absolute Gasteiger partial charge is 0.380 e. The highest BCUT2D eigenvalue weighted by Gasteiger charge is 2.19. The predicted molar refractivity (Wildman–Crippen MR) is 98.0 cm³/mol. The summed E-state index contributed by atoms with van der Waals surface area (Å²) in [6.07, 6.45) is -0.861. The summed E-state index contributed by atoms with van der Waals surface area (Å²) in [6.45, 7) is 0. The third-order valence-corrected chi connectivity index (χ3v) is 5.00. The van der Waals surface area contributed by atoms with Crippen molar-refractivity contribution in [2.45, 2.75) is 11.3 Å². The maximum atomic E-state index is 12.2. The van der Waals surface area contributed by atoms with E-state index >= 15 is 0 Å². The molecule has 3 rings (SSSR count). The standard InChI is InChI=1S/C18H16ClN3O2S/c1-22-17(16(24)13-5-3-2-4-6-13)20-21-18(22)25-11-15(23)12-7-9-14(19)10-8-12/h2-10,16,24H,11H2,1H3. The van der Waals surface area contributed by atoms with Gasteiger partial charge in [-0.1, -0.05) is 53.7 Å². The van der Waals surface area contributed by atoms with Gasteiger partial charge >= 0.3 is 0 Å². The van der Waals surface area contributed by atoms with Crippen molar-refractivity contribution in [2.24, 2.45) is 7.05 Å². The molecule has 0 saturated carbocycles. The van der Waals surface area contributed by atoms with Gasteiger partial charge in [-0.2, -0.15) is 0 Å². The summed E-state index contributed by atoms with van der Waals surface area (Å²) in [5.74, 6) is 0.650. The molecule has 1 unspecified atom stereocenters. The molecule has 3 aromatic rings. The molecule has 0 radical (unpaired) electrons. The van der Waals surface area contributed by atoms with Crippen LogP contribution in [0, 0.1) is 0 Å². The highest BCUT2D eigenvalue weighted by atomic mass is 35.5. The number of carbonyl (C=O) groups is 1. The van der Waals surface area contributed by atoms with Crippen LogP contribution < -0.4 is 0 Å². The zero-order valence-corrected chi connectivity index (χ0v) is 15.0. The lowest BCUT2D eigenvalue weighted by Gasteiger charge is -2.10. The van der Waals surface area contributed by atoms with Crippen LogP contribution in [0.2, 0.25) is 5.02 Å². The van der Waals surface area contributed by atoms with Gasteiger partial charge in [0.15, 0.2) is 16.8 Å². The Labute approximate surface area is 154 Å². The Balaban J connectivity index is 1.69. The maximum Gasteiger partial charge on any atom is 0.191 e. The number of ketones is 1. The molecule has 25 heavy (non-hydrogen) atoms. The first-order valence-electron chi connectivity index (χ1n) is 7.60. The van der Waals surface area contributed by atoms with E-state index in [0.717, 1.165) is 5.56 Å². The lowest BCUT2D eigenvalue weighted by molar-refractivity contribution is 0.102. The third-order valence-electron chi connectivity index (χ3n) is 3.73. The Hall–Kier alpha value is -2.15. The second-order valence-electron chi connectivity index (χ2n) is 5.43. The van der Waals surface area contributed by atoms with E-state index in [1.54, 1.807) is 35.9 Å². The molecule has 0 aliphatic heterocycles. The molecule has 0 saturated heterocycles. The molecule has 0 aliphatic carbocycles. The van der Waals surface area contributed by atoms with E-state index in [2.05, 4.69) is 10.2 Å². The molecule has 128 valence electrons. The molecule has 0 spiro atoms. The van der Waals surface area contributed by atoms with E-state index in [4.69, 9.17) is 11.6 Å². The number of nitrogens with zero attached hydrogens (tertiary/aromatic N) is 3. The Bertz CT molecular complexity index is 866. The quantitative estimate of drug-likeness (QED) is 0.529. The summed E-state index contributed by atoms with van der Waals surface area (Å²) in [5, 5.41) is 19.8. The van der Waals surface area contributed by atoms with Crippen molar-refractivity contribution in [3.05, 3.63) is 76.6 Å². The van der Waals surface area contributed by atoms with Gasteiger partial charge in [0.1, 0.15) is 6.10 Å². The first-order chi connectivity index (χ1) is 12.1. The van der Waals surface area contributed by atoms with Crippen LogP contribution in [0.3, 0.4) is 0 Å². The third kappa shape index (κ3) is 4.10. The van der Waals surface area contributed by atoms with Crippen LogP contribution in [0.5, 0.6) is 0 Å². The van der Waals surface area contributed by atoms with E-state index in [1.807, 2.05) is 30.3 Å². The van der Waals surface area contributed by atoms with Crippen LogP contribution >= 0.6 is 23.4 Å². The number of Topliss-reactive ketones (excluding diaryl/α,β-unsaturated/α-hetero) is 1. The summed E-state index contributed by atoms with van der Waals surface area (Å²) < 4.78 is 1.71. The summed E-state index contributed by atoms with van der Waals surface area (Å²) >= 11 is 7.11. The van der Waals surface area contributed by atoms with Gasteiger partial charge in [-0.05, 0) is 29.8 Å². The van der Waals surface area contributed by atoms with Gasteiger partial charge < -0.3 is 9.67 Å². The van der Waals surface area contributed by atoms with Gasteiger partial charge in [-0.25, -0.2) is 0 Å². The molecule has 0 amide bonds. The number of aliphatic hydroxyl groups is 1. The number of halogens is 1. The van der Waals surface area contributed by atoms with Gasteiger partial charge in [0.05, 0.1) is 5.75 Å². The lowest BCUT2D eigenvalue weighted by Crippen LogP contribution is -2.08. The second-order valence-corrected chi connectivity index (χ2v) is 6.81. The summed E-state index contributed by atoms with van der Waals surface area (Å²) in [7, 11) is 1.77. The number of carbonyl (C=O) groups excluding carboxylic acids is 1. The average molecular weight is 374 g/mol. The fraction of sp³-hybridized carbons (Fsp3) is 0.167. The number of rotatable bonds is 6. The van der Waals surface area contributed by atoms with Crippen molar-refractivity contribution in [3.8, 4) is 0 Å². The van der Waals surface area contributed by atoms with E-state index in [-0.39, 0.29) is 11.5 Å². The smallest absolute Gasteiger partial charge is 0.191 e. The van der Waals surface area contributed by atoms with Crippen LogP contribution in [-0.4, -0.2) is 31.4 Å². The molecule has 1 N–H and O–H groups in total. The fourth-order valence-electron chi connectivity index (χ4n) is 2.32. The predicted octanol–water partition coefficient (Wildman–Crippen LogP) is 3.53. The van der Waals surface area contributed by atoms with Crippen molar-refractivity contribution in [1.82, 2.24) is 14.8 Å². The van der Waals surface area contributed by atoms with Crippen LogP contribution in [0.25, 0.3) is 0 Å². The minimum Gasteiger partial charge on any atom is -0.380 e. The number of aromatic nitrogens is 3. The molecule has 2 aromatic carbocycles. The lowest BCUT2D eigenvalue weighted by atomic mass is 10.1. The van der Waals surface area contributed by atoms with Gasteiger partial charge in [-0.15, -0.1) is 10.2 Å². The normalized spacial score (nSPS) is 12.1. The minimum atomic E-state index is -0.861. The molecular formula is C18H16ClN3O2S. The number of thioether (sulfide) groups is 1. The number of aliphatic hydroxyl groups excluding tert-OH is 1. The van der Waals surface area contributed by atoms with Crippen LogP contribution in [0.15, 0.2) is 59.8 Å². The molecular weight excluding hydrogens is 358 g/mol. The number of hydrogen-bond acceptors (Lipinski definition) is 5. The summed E-state index contributed by atoms with van der Waals surface area (Å²) in [4.78, 5) is 12.2. The van der Waals surface area contributed by atoms with Crippen molar-refractivity contribution in [1.29, 1.82) is 0 Å². The SMILES string of the molecule is Cn1c(SCC(=O)c2ccc(Cl)cc2)nnc1C(O)c1ccccc1. The Morgan fingerprint density at radius 1 is 1.16 bits per heavy atom. The van der Waals surface area contributed by atoms with E-state index in [0.29, 0.717) is 21.6 Å². The highest BCUT2D eigenvalue weighted by molar-refractivity contribution is 7.99. The number of hydrogen-bond donors (Lipinski definition) is 1. The number of benzene rings is 2. The molecule has 5 nitrogen and oxygen atoms in total. The second kappa shape index (κ2) is 7.82. The van der Waals surface area contributed by atoms with Crippen LogP contribution in [0.1, 0.15) is 27.8 Å². The molecule has 0 aliphatic rings. The molecule has 1 atom stereocenters. The summed E-state index contributed by atoms with van der Waals surface area (Å²) in [5.41, 5.74) is 1.34. The fourth-order valence-corrected chi connectivity index (χ4v) is 3.26. The van der Waals surface area contributed by atoms with Gasteiger partial charge in [-0.3, -0.25) is 4.79 Å². The Morgan fingerprint density at radius 3 is 2.52 bits per heavy atom. The highest BCUT2D eigenvalue weighted by Crippen LogP contribution is 2.24. The molecule has 1 heterocycles. The van der Waals surface area contributed by atoms with Gasteiger partial charge in [0, 0.05) is 17.6 Å². The van der Waals surface area contributed by atoms with Gasteiger partial charge in [0.25, 0.3) is 0 Å². The van der Waals surface area contributed by atoms with E-state index in [1.165, 1.54) is 11.8 Å².